The van der Waals surface area contributed by atoms with Crippen LogP contribution < -0.4 is 5.73 Å². The van der Waals surface area contributed by atoms with E-state index in [1.54, 1.807) is 23.1 Å². The maximum Gasteiger partial charge on any atom is 0.151 e. The number of benzene rings is 1. The van der Waals surface area contributed by atoms with Gasteiger partial charge in [-0.2, -0.15) is 5.10 Å². The van der Waals surface area contributed by atoms with Crippen molar-refractivity contribution in [2.45, 2.75) is 23.4 Å². The number of thioether (sulfide) groups is 1. The Bertz CT molecular complexity index is 794. The summed E-state index contributed by atoms with van der Waals surface area (Å²) >= 11 is 7.06. The molecule has 0 fully saturated rings. The molecule has 0 unspecified atom stereocenters. The van der Waals surface area contributed by atoms with Crippen LogP contribution in [0.15, 0.2) is 27.0 Å². The molecule has 0 saturated heterocycles. The molecule has 3 aromatic rings. The molecule has 2 heterocycles. The van der Waals surface area contributed by atoms with Crippen molar-refractivity contribution in [3.63, 3.8) is 0 Å². The summed E-state index contributed by atoms with van der Waals surface area (Å²) in [5, 5.41) is 4.52. The minimum absolute atomic E-state index is 0.782. The molecule has 0 amide bonds. The van der Waals surface area contributed by atoms with Crippen LogP contribution in [0.25, 0.3) is 10.2 Å². The first-order valence-electron chi connectivity index (χ1n) is 6.57. The fourth-order valence-corrected chi connectivity index (χ4v) is 5.21. The highest BCUT2D eigenvalue weighted by Gasteiger charge is 2.14. The predicted octanol–water partition coefficient (Wildman–Crippen LogP) is 4.23. The first-order valence-corrected chi connectivity index (χ1v) is 9.17. The number of aromatic nitrogens is 3. The second-order valence-electron chi connectivity index (χ2n) is 4.68. The third kappa shape index (κ3) is 2.95. The van der Waals surface area contributed by atoms with Gasteiger partial charge >= 0.3 is 0 Å². The Labute approximate surface area is 139 Å². The second-order valence-corrected chi connectivity index (χ2v) is 7.73. The number of fused-ring (bicyclic) bond motifs is 1. The molecule has 7 heteroatoms. The van der Waals surface area contributed by atoms with Crippen molar-refractivity contribution in [2.75, 3.05) is 5.73 Å². The minimum atomic E-state index is 0.782. The Morgan fingerprint density at radius 2 is 2.24 bits per heavy atom. The van der Waals surface area contributed by atoms with Crippen LogP contribution in [-0.2, 0) is 19.2 Å². The summed E-state index contributed by atoms with van der Waals surface area (Å²) in [5.41, 5.74) is 9.89. The summed E-state index contributed by atoms with van der Waals surface area (Å²) < 4.78 is 5.25. The van der Waals surface area contributed by atoms with Crippen LogP contribution in [0.2, 0.25) is 0 Å². The van der Waals surface area contributed by atoms with Crippen LogP contribution in [0.3, 0.4) is 0 Å². The number of rotatable bonds is 4. The maximum absolute atomic E-state index is 5.81. The van der Waals surface area contributed by atoms with Gasteiger partial charge in [0.25, 0.3) is 0 Å². The lowest BCUT2D eigenvalue weighted by Gasteiger charge is -2.00. The SMILES string of the molecule is CCc1nn(C)c(CSc2nc3ccc(N)cc3s2)c1Br. The smallest absolute Gasteiger partial charge is 0.151 e. The van der Waals surface area contributed by atoms with Crippen LogP contribution >= 0.6 is 39.0 Å². The molecule has 1 aromatic carbocycles. The summed E-state index contributed by atoms with van der Waals surface area (Å²) in [4.78, 5) is 4.64. The highest BCUT2D eigenvalue weighted by Crippen LogP contribution is 2.34. The zero-order valence-corrected chi connectivity index (χ0v) is 15.0. The van der Waals surface area contributed by atoms with E-state index in [1.165, 1.54) is 5.69 Å². The zero-order valence-electron chi connectivity index (χ0n) is 11.8. The number of hydrogen-bond acceptors (Lipinski definition) is 5. The van der Waals surface area contributed by atoms with E-state index in [0.29, 0.717) is 0 Å². The van der Waals surface area contributed by atoms with Gasteiger partial charge in [0.15, 0.2) is 4.34 Å². The number of thiazole rings is 1. The molecule has 21 heavy (non-hydrogen) atoms. The molecule has 2 aromatic heterocycles. The maximum atomic E-state index is 5.81. The normalized spacial score (nSPS) is 11.4. The lowest BCUT2D eigenvalue weighted by molar-refractivity contribution is 0.719. The molecule has 0 radical (unpaired) electrons. The predicted molar refractivity (Wildman–Crippen MR) is 93.9 cm³/mol. The van der Waals surface area contributed by atoms with Gasteiger partial charge in [0.2, 0.25) is 0 Å². The standard InChI is InChI=1S/C14H15BrN4S2/c1-3-9-13(15)11(19(2)18-9)7-20-14-17-10-5-4-8(16)6-12(10)21-14/h4-6H,3,7,16H2,1-2H3. The molecular weight excluding hydrogens is 368 g/mol. The van der Waals surface area contributed by atoms with Crippen molar-refractivity contribution in [3.05, 3.63) is 34.1 Å². The Morgan fingerprint density at radius 3 is 2.95 bits per heavy atom. The lowest BCUT2D eigenvalue weighted by Crippen LogP contribution is -1.96. The fraction of sp³-hybridized carbons (Fsp3) is 0.286. The monoisotopic (exact) mass is 382 g/mol. The van der Waals surface area contributed by atoms with Gasteiger partial charge in [-0.3, -0.25) is 4.68 Å². The first kappa shape index (κ1) is 14.9. The zero-order chi connectivity index (χ0) is 15.0. The Morgan fingerprint density at radius 1 is 1.43 bits per heavy atom. The summed E-state index contributed by atoms with van der Waals surface area (Å²) in [6, 6.07) is 5.84. The van der Waals surface area contributed by atoms with Crippen molar-refractivity contribution in [1.29, 1.82) is 0 Å². The second kappa shape index (κ2) is 5.98. The topological polar surface area (TPSA) is 56.7 Å². The van der Waals surface area contributed by atoms with Gasteiger partial charge in [0.1, 0.15) is 0 Å². The highest BCUT2D eigenvalue weighted by molar-refractivity contribution is 9.10. The van der Waals surface area contributed by atoms with Crippen LogP contribution in [0.1, 0.15) is 18.3 Å². The molecule has 0 aliphatic rings. The van der Waals surface area contributed by atoms with E-state index in [2.05, 4.69) is 32.9 Å². The van der Waals surface area contributed by atoms with Gasteiger partial charge in [-0.1, -0.05) is 18.7 Å². The van der Waals surface area contributed by atoms with E-state index in [-0.39, 0.29) is 0 Å². The van der Waals surface area contributed by atoms with Crippen molar-refractivity contribution in [2.24, 2.45) is 7.05 Å². The number of nitrogens with zero attached hydrogens (tertiary/aromatic N) is 3. The quantitative estimate of drug-likeness (QED) is 0.541. The number of anilines is 1. The molecule has 0 saturated carbocycles. The largest absolute Gasteiger partial charge is 0.399 e. The first-order chi connectivity index (χ1) is 10.1. The molecule has 110 valence electrons. The summed E-state index contributed by atoms with van der Waals surface area (Å²) in [6.07, 6.45) is 0.930. The molecule has 0 atom stereocenters. The van der Waals surface area contributed by atoms with Gasteiger partial charge in [-0.05, 0) is 40.5 Å². The van der Waals surface area contributed by atoms with E-state index < -0.39 is 0 Å². The van der Waals surface area contributed by atoms with E-state index in [4.69, 9.17) is 5.73 Å². The molecule has 2 N–H and O–H groups in total. The number of nitrogens with two attached hydrogens (primary N) is 1. The Hall–Kier alpha value is -1.05. The van der Waals surface area contributed by atoms with E-state index in [1.807, 2.05) is 29.9 Å². The van der Waals surface area contributed by atoms with Crippen molar-refractivity contribution in [1.82, 2.24) is 14.8 Å². The third-order valence-electron chi connectivity index (χ3n) is 3.23. The molecular formula is C14H15BrN4S2. The number of hydrogen-bond donors (Lipinski definition) is 1. The van der Waals surface area contributed by atoms with Crippen LogP contribution in [0.5, 0.6) is 0 Å². The molecule has 0 aliphatic heterocycles. The number of nitrogen functional groups attached to an aromatic ring is 1. The van der Waals surface area contributed by atoms with Crippen LogP contribution in [0, 0.1) is 0 Å². The average molecular weight is 383 g/mol. The highest BCUT2D eigenvalue weighted by atomic mass is 79.9. The van der Waals surface area contributed by atoms with Gasteiger partial charge in [-0.15, -0.1) is 11.3 Å². The van der Waals surface area contributed by atoms with Gasteiger partial charge < -0.3 is 5.73 Å². The van der Waals surface area contributed by atoms with Crippen molar-refractivity contribution >= 4 is 54.9 Å². The molecule has 0 aliphatic carbocycles. The van der Waals surface area contributed by atoms with E-state index >= 15 is 0 Å². The third-order valence-corrected chi connectivity index (χ3v) is 6.32. The van der Waals surface area contributed by atoms with Gasteiger partial charge in [-0.25, -0.2) is 4.98 Å². The minimum Gasteiger partial charge on any atom is -0.399 e. The Balaban J connectivity index is 1.81. The van der Waals surface area contributed by atoms with Gasteiger partial charge in [0.05, 0.1) is 26.1 Å². The molecule has 4 nitrogen and oxygen atoms in total. The fourth-order valence-electron chi connectivity index (χ4n) is 2.09. The average Bonchev–Trinajstić information content (AvgIpc) is 2.97. The lowest BCUT2D eigenvalue weighted by atomic mass is 10.3. The van der Waals surface area contributed by atoms with Crippen LogP contribution in [-0.4, -0.2) is 14.8 Å². The number of halogens is 1. The van der Waals surface area contributed by atoms with Crippen molar-refractivity contribution in [3.8, 4) is 0 Å². The molecule has 0 spiro atoms. The Kier molecular flexibility index (Phi) is 4.24. The summed E-state index contributed by atoms with van der Waals surface area (Å²) in [7, 11) is 1.98. The summed E-state index contributed by atoms with van der Waals surface area (Å²) in [5.74, 6) is 0.847. The van der Waals surface area contributed by atoms with E-state index in [0.717, 1.165) is 42.6 Å². The molecule has 3 rings (SSSR count). The van der Waals surface area contributed by atoms with Gasteiger partial charge in [0, 0.05) is 18.5 Å². The van der Waals surface area contributed by atoms with E-state index in [9.17, 15) is 0 Å². The van der Waals surface area contributed by atoms with Crippen molar-refractivity contribution < 1.29 is 0 Å². The molecule has 0 bridgehead atoms. The summed E-state index contributed by atoms with van der Waals surface area (Å²) in [6.45, 7) is 2.11. The van der Waals surface area contributed by atoms with Crippen LogP contribution in [0.4, 0.5) is 5.69 Å². The number of aryl methyl sites for hydroxylation is 2.